The first-order valence-corrected chi connectivity index (χ1v) is 4.23. The second-order valence-corrected chi connectivity index (χ2v) is 3.45. The zero-order valence-corrected chi connectivity index (χ0v) is 6.56. The molecule has 0 fully saturated rings. The average Bonchev–Trinajstić information content (AvgIpc) is 1.85. The lowest BCUT2D eigenvalue weighted by molar-refractivity contribution is -0.125. The highest BCUT2D eigenvalue weighted by Gasteiger charge is 2.07. The number of hydroxylamine groups is 1. The fraction of sp³-hybridized carbons (Fsp3) is 0.750. The molecule has 0 spiro atoms. The van der Waals surface area contributed by atoms with Gasteiger partial charge in [-0.1, -0.05) is 0 Å². The smallest absolute Gasteiger partial charge is 0.273 e. The monoisotopic (exact) mass is 167 g/mol. The highest BCUT2D eigenvalue weighted by atomic mass is 32.2. The van der Waals surface area contributed by atoms with Crippen molar-refractivity contribution in [2.24, 2.45) is 0 Å². The number of nitrogens with one attached hydrogen (secondary N) is 1. The van der Waals surface area contributed by atoms with Gasteiger partial charge in [0.25, 0.3) is 10.1 Å². The van der Waals surface area contributed by atoms with Crippen molar-refractivity contribution in [3.63, 3.8) is 0 Å². The molecule has 1 amide bonds. The van der Waals surface area contributed by atoms with Crippen LogP contribution >= 0.6 is 0 Å². The molecule has 0 saturated carbocycles. The molecule has 1 N–H and O–H groups in total. The largest absolute Gasteiger partial charge is 0.287 e. The van der Waals surface area contributed by atoms with E-state index in [2.05, 4.69) is 4.28 Å². The van der Waals surface area contributed by atoms with Crippen molar-refractivity contribution in [1.29, 1.82) is 0 Å². The van der Waals surface area contributed by atoms with Crippen LogP contribution in [0.15, 0.2) is 0 Å². The summed E-state index contributed by atoms with van der Waals surface area (Å²) in [7, 11) is -3.55. The minimum absolute atomic E-state index is 0.159. The third-order valence-corrected chi connectivity index (χ3v) is 1.71. The summed E-state index contributed by atoms with van der Waals surface area (Å²) in [5.74, 6) is -0.704. The first-order valence-electron chi connectivity index (χ1n) is 2.65. The Hall–Kier alpha value is -0.620. The lowest BCUT2D eigenvalue weighted by Crippen LogP contribution is -2.25. The van der Waals surface area contributed by atoms with Gasteiger partial charge in [0.2, 0.25) is 5.91 Å². The Kier molecular flexibility index (Phi) is 3.31. The molecular formula is C4H9NO4S. The fourth-order valence-electron chi connectivity index (χ4n) is 0.181. The molecule has 0 saturated heterocycles. The molecule has 6 heteroatoms. The summed E-state index contributed by atoms with van der Waals surface area (Å²) in [5, 5.41) is 0. The number of rotatable bonds is 3. The van der Waals surface area contributed by atoms with Crippen molar-refractivity contribution in [2.45, 2.75) is 13.8 Å². The van der Waals surface area contributed by atoms with Crippen LogP contribution in [0.3, 0.4) is 0 Å². The van der Waals surface area contributed by atoms with Gasteiger partial charge >= 0.3 is 0 Å². The van der Waals surface area contributed by atoms with Crippen molar-refractivity contribution < 1.29 is 17.5 Å². The lowest BCUT2D eigenvalue weighted by Gasteiger charge is -1.99. The molecule has 0 aliphatic carbocycles. The van der Waals surface area contributed by atoms with E-state index in [1.807, 2.05) is 0 Å². The summed E-state index contributed by atoms with van der Waals surface area (Å²) < 4.78 is 24.9. The zero-order chi connectivity index (χ0) is 8.20. The van der Waals surface area contributed by atoms with Gasteiger partial charge in [0.15, 0.2) is 0 Å². The second kappa shape index (κ2) is 3.52. The maximum Gasteiger partial charge on any atom is 0.287 e. The zero-order valence-electron chi connectivity index (χ0n) is 5.75. The molecular weight excluding hydrogens is 158 g/mol. The Morgan fingerprint density at radius 3 is 2.40 bits per heavy atom. The van der Waals surface area contributed by atoms with E-state index in [1.165, 1.54) is 6.92 Å². The quantitative estimate of drug-likeness (QED) is 0.570. The minimum atomic E-state index is -3.55. The van der Waals surface area contributed by atoms with Crippen LogP contribution in [-0.4, -0.2) is 20.1 Å². The van der Waals surface area contributed by atoms with E-state index in [0.29, 0.717) is 0 Å². The van der Waals surface area contributed by atoms with Crippen molar-refractivity contribution in [3.8, 4) is 0 Å². The predicted molar refractivity (Wildman–Crippen MR) is 34.4 cm³/mol. The SMILES string of the molecule is CCS(=O)(=O)ONC(C)=O. The van der Waals surface area contributed by atoms with Gasteiger partial charge in [-0.15, -0.1) is 4.28 Å². The molecule has 0 rings (SSSR count). The van der Waals surface area contributed by atoms with Crippen molar-refractivity contribution in [1.82, 2.24) is 5.48 Å². The Morgan fingerprint density at radius 1 is 1.60 bits per heavy atom. The van der Waals surface area contributed by atoms with Gasteiger partial charge in [-0.05, 0) is 6.92 Å². The van der Waals surface area contributed by atoms with Crippen molar-refractivity contribution in [2.75, 3.05) is 5.75 Å². The number of amides is 1. The van der Waals surface area contributed by atoms with Gasteiger partial charge < -0.3 is 0 Å². The van der Waals surface area contributed by atoms with Crippen molar-refractivity contribution >= 4 is 16.0 Å². The minimum Gasteiger partial charge on any atom is -0.273 e. The predicted octanol–water partition coefficient (Wildman–Crippen LogP) is -0.596. The molecule has 0 unspecified atom stereocenters. The van der Waals surface area contributed by atoms with Crippen LogP contribution in [0.1, 0.15) is 13.8 Å². The Balaban J connectivity index is 3.81. The summed E-state index contributed by atoms with van der Waals surface area (Å²) in [6.07, 6.45) is 0. The Bertz CT molecular complexity index is 207. The molecule has 0 aromatic carbocycles. The number of carbonyl (C=O) groups is 1. The van der Waals surface area contributed by atoms with Crippen LogP contribution in [0.25, 0.3) is 0 Å². The molecule has 0 aliphatic heterocycles. The van der Waals surface area contributed by atoms with Gasteiger partial charge in [-0.2, -0.15) is 8.42 Å². The number of carbonyl (C=O) groups excluding carboxylic acids is 1. The van der Waals surface area contributed by atoms with E-state index in [1.54, 1.807) is 5.48 Å². The fourth-order valence-corrected chi connectivity index (χ4v) is 0.543. The molecule has 5 nitrogen and oxygen atoms in total. The molecule has 0 atom stereocenters. The van der Waals surface area contributed by atoms with Crippen LogP contribution in [0.5, 0.6) is 0 Å². The van der Waals surface area contributed by atoms with Crippen LogP contribution in [0.2, 0.25) is 0 Å². The maximum absolute atomic E-state index is 10.5. The second-order valence-electron chi connectivity index (χ2n) is 1.59. The van der Waals surface area contributed by atoms with E-state index in [9.17, 15) is 13.2 Å². The van der Waals surface area contributed by atoms with Gasteiger partial charge in [0.1, 0.15) is 0 Å². The molecule has 0 aromatic rings. The van der Waals surface area contributed by atoms with Crippen LogP contribution < -0.4 is 5.48 Å². The highest BCUT2D eigenvalue weighted by molar-refractivity contribution is 7.86. The first kappa shape index (κ1) is 9.38. The van der Waals surface area contributed by atoms with Crippen LogP contribution in [0, 0.1) is 0 Å². The molecule has 0 aromatic heterocycles. The summed E-state index contributed by atoms with van der Waals surface area (Å²) >= 11 is 0. The molecule has 0 bridgehead atoms. The van der Waals surface area contributed by atoms with Crippen LogP contribution in [0.4, 0.5) is 0 Å². The highest BCUT2D eigenvalue weighted by Crippen LogP contribution is 1.86. The van der Waals surface area contributed by atoms with Gasteiger partial charge in [0, 0.05) is 6.92 Å². The third-order valence-electron chi connectivity index (χ3n) is 0.666. The summed E-state index contributed by atoms with van der Waals surface area (Å²) in [6, 6.07) is 0. The van der Waals surface area contributed by atoms with Crippen molar-refractivity contribution in [3.05, 3.63) is 0 Å². The molecule has 0 heterocycles. The standard InChI is InChI=1S/C4H9NO4S/c1-3-10(7,8)9-5-4(2)6/h3H2,1-2H3,(H,5,6). The van der Waals surface area contributed by atoms with Gasteiger partial charge in [-0.3, -0.25) is 4.79 Å². The summed E-state index contributed by atoms with van der Waals surface area (Å²) in [4.78, 5) is 10.1. The normalized spacial score (nSPS) is 11.0. The van der Waals surface area contributed by atoms with E-state index in [4.69, 9.17) is 0 Å². The van der Waals surface area contributed by atoms with Gasteiger partial charge in [0.05, 0.1) is 5.75 Å². The molecule has 0 aliphatic rings. The first-order chi connectivity index (χ1) is 4.48. The number of hydrogen-bond donors (Lipinski definition) is 1. The molecule has 10 heavy (non-hydrogen) atoms. The van der Waals surface area contributed by atoms with E-state index < -0.39 is 16.0 Å². The van der Waals surface area contributed by atoms with E-state index in [0.717, 1.165) is 6.92 Å². The summed E-state index contributed by atoms with van der Waals surface area (Å²) in [5.41, 5.74) is 1.71. The Labute approximate surface area is 59.4 Å². The topological polar surface area (TPSA) is 72.5 Å². The third kappa shape index (κ3) is 4.28. The average molecular weight is 167 g/mol. The summed E-state index contributed by atoms with van der Waals surface area (Å²) in [6.45, 7) is 2.57. The lowest BCUT2D eigenvalue weighted by atomic mass is 10.8. The van der Waals surface area contributed by atoms with E-state index >= 15 is 0 Å². The van der Waals surface area contributed by atoms with E-state index in [-0.39, 0.29) is 5.75 Å². The number of hydrogen-bond acceptors (Lipinski definition) is 4. The molecule has 60 valence electrons. The maximum atomic E-state index is 10.5. The molecule has 0 radical (unpaired) electrons. The Morgan fingerprint density at radius 2 is 2.10 bits per heavy atom. The van der Waals surface area contributed by atoms with Crippen LogP contribution in [-0.2, 0) is 19.2 Å². The van der Waals surface area contributed by atoms with Gasteiger partial charge in [-0.25, -0.2) is 5.48 Å².